The van der Waals surface area contributed by atoms with Gasteiger partial charge in [0.2, 0.25) is 0 Å². The molecule has 0 saturated carbocycles. The van der Waals surface area contributed by atoms with Crippen molar-refractivity contribution < 1.29 is 4.74 Å². The summed E-state index contributed by atoms with van der Waals surface area (Å²) in [6.07, 6.45) is 4.02. The number of benzene rings is 1. The molecule has 1 aliphatic rings. The van der Waals surface area contributed by atoms with Gasteiger partial charge in [-0.25, -0.2) is 0 Å². The van der Waals surface area contributed by atoms with Crippen LogP contribution in [0.3, 0.4) is 0 Å². The average Bonchev–Trinajstić information content (AvgIpc) is 2.81. The Morgan fingerprint density at radius 1 is 1.33 bits per heavy atom. The van der Waals surface area contributed by atoms with Crippen LogP contribution in [0, 0.1) is 5.92 Å². The third-order valence-corrected chi connectivity index (χ3v) is 3.94. The van der Waals surface area contributed by atoms with Gasteiger partial charge in [-0.05, 0) is 31.2 Å². The van der Waals surface area contributed by atoms with Crippen LogP contribution < -0.4 is 5.32 Å². The van der Waals surface area contributed by atoms with Crippen LogP contribution in [0.2, 0.25) is 0 Å². The van der Waals surface area contributed by atoms with Crippen LogP contribution in [0.25, 0.3) is 0 Å². The molecule has 2 nitrogen and oxygen atoms in total. The molecule has 2 heteroatoms. The molecular formula is C16H25NO. The molecule has 1 aliphatic heterocycles. The number of rotatable bonds is 6. The molecule has 1 aromatic rings. The van der Waals surface area contributed by atoms with Gasteiger partial charge in [-0.1, -0.05) is 43.7 Å². The van der Waals surface area contributed by atoms with Crippen molar-refractivity contribution in [1.29, 1.82) is 0 Å². The van der Waals surface area contributed by atoms with Crippen LogP contribution in [0.15, 0.2) is 30.3 Å². The van der Waals surface area contributed by atoms with E-state index in [2.05, 4.69) is 49.5 Å². The Morgan fingerprint density at radius 3 is 2.72 bits per heavy atom. The molecule has 2 rings (SSSR count). The molecule has 0 amide bonds. The van der Waals surface area contributed by atoms with Gasteiger partial charge in [0.15, 0.2) is 0 Å². The van der Waals surface area contributed by atoms with Crippen LogP contribution in [-0.4, -0.2) is 19.3 Å². The summed E-state index contributed by atoms with van der Waals surface area (Å²) in [5.41, 5.74) is 1.41. The third-order valence-electron chi connectivity index (χ3n) is 3.94. The molecule has 0 spiro atoms. The minimum Gasteiger partial charge on any atom is -0.378 e. The lowest BCUT2D eigenvalue weighted by molar-refractivity contribution is 0.105. The van der Waals surface area contributed by atoms with Crippen molar-refractivity contribution in [3.8, 4) is 0 Å². The summed E-state index contributed by atoms with van der Waals surface area (Å²) in [7, 11) is 0. The molecule has 0 radical (unpaired) electrons. The van der Waals surface area contributed by atoms with E-state index in [4.69, 9.17) is 4.74 Å². The van der Waals surface area contributed by atoms with Crippen LogP contribution in [0.4, 0.5) is 0 Å². The minimum absolute atomic E-state index is 0.413. The van der Waals surface area contributed by atoms with E-state index in [1.54, 1.807) is 0 Å². The molecule has 1 N–H and O–H groups in total. The first-order valence-corrected chi connectivity index (χ1v) is 7.21. The van der Waals surface area contributed by atoms with Crippen molar-refractivity contribution >= 4 is 0 Å². The summed E-state index contributed by atoms with van der Waals surface area (Å²) in [4.78, 5) is 0. The van der Waals surface area contributed by atoms with Gasteiger partial charge in [0.1, 0.15) is 0 Å². The summed E-state index contributed by atoms with van der Waals surface area (Å²) in [6.45, 7) is 6.44. The van der Waals surface area contributed by atoms with Crippen LogP contribution >= 0.6 is 0 Å². The average molecular weight is 247 g/mol. The topological polar surface area (TPSA) is 21.3 Å². The summed E-state index contributed by atoms with van der Waals surface area (Å²) in [5, 5.41) is 3.73. The van der Waals surface area contributed by atoms with E-state index in [9.17, 15) is 0 Å². The zero-order valence-corrected chi connectivity index (χ0v) is 11.6. The number of hydrogen-bond donors (Lipinski definition) is 1. The van der Waals surface area contributed by atoms with Crippen molar-refractivity contribution in [2.24, 2.45) is 5.92 Å². The van der Waals surface area contributed by atoms with E-state index in [0.717, 1.165) is 13.2 Å². The Balaban J connectivity index is 1.90. The van der Waals surface area contributed by atoms with Gasteiger partial charge in [0.05, 0.1) is 6.10 Å². The Hall–Kier alpha value is -0.860. The Labute approximate surface area is 111 Å². The highest BCUT2D eigenvalue weighted by molar-refractivity contribution is 5.18. The summed E-state index contributed by atoms with van der Waals surface area (Å²) < 4.78 is 5.62. The first-order chi connectivity index (χ1) is 8.81. The fourth-order valence-corrected chi connectivity index (χ4v) is 2.70. The molecular weight excluding hydrogens is 222 g/mol. The maximum Gasteiger partial charge on any atom is 0.0588 e. The van der Waals surface area contributed by atoms with E-state index in [1.807, 2.05) is 0 Å². The maximum absolute atomic E-state index is 5.62. The summed E-state index contributed by atoms with van der Waals surface area (Å²) in [6, 6.07) is 11.3. The van der Waals surface area contributed by atoms with Crippen LogP contribution in [0.1, 0.15) is 44.7 Å². The van der Waals surface area contributed by atoms with E-state index >= 15 is 0 Å². The second kappa shape index (κ2) is 6.91. The van der Waals surface area contributed by atoms with Gasteiger partial charge in [0, 0.05) is 19.2 Å². The van der Waals surface area contributed by atoms with E-state index < -0.39 is 0 Å². The molecule has 0 aliphatic carbocycles. The molecule has 1 fully saturated rings. The highest BCUT2D eigenvalue weighted by Crippen LogP contribution is 2.23. The Kier molecular flexibility index (Phi) is 5.21. The third kappa shape index (κ3) is 3.56. The van der Waals surface area contributed by atoms with E-state index in [0.29, 0.717) is 18.1 Å². The number of ether oxygens (including phenoxy) is 1. The van der Waals surface area contributed by atoms with Crippen LogP contribution in [-0.2, 0) is 4.74 Å². The maximum atomic E-state index is 5.62. The highest BCUT2D eigenvalue weighted by Gasteiger charge is 2.24. The van der Waals surface area contributed by atoms with Gasteiger partial charge in [-0.3, -0.25) is 0 Å². The van der Waals surface area contributed by atoms with Crippen molar-refractivity contribution in [2.75, 3.05) is 13.2 Å². The molecule has 1 aromatic carbocycles. The molecule has 3 unspecified atom stereocenters. The molecule has 1 saturated heterocycles. The standard InChI is InChI=1S/C16H25NO/c1-3-7-16(14-8-5-4-6-9-14)17-12-15-10-11-18-13(15)2/h4-6,8-9,13,15-17H,3,7,10-12H2,1-2H3. The predicted molar refractivity (Wildman–Crippen MR) is 75.6 cm³/mol. The highest BCUT2D eigenvalue weighted by atomic mass is 16.5. The molecule has 0 aromatic heterocycles. The molecule has 100 valence electrons. The summed E-state index contributed by atoms with van der Waals surface area (Å²) in [5.74, 6) is 0.674. The normalized spacial score (nSPS) is 25.2. The fourth-order valence-electron chi connectivity index (χ4n) is 2.70. The lowest BCUT2D eigenvalue weighted by Crippen LogP contribution is -2.30. The monoisotopic (exact) mass is 247 g/mol. The van der Waals surface area contributed by atoms with Gasteiger partial charge >= 0.3 is 0 Å². The first-order valence-electron chi connectivity index (χ1n) is 7.21. The van der Waals surface area contributed by atoms with Crippen molar-refractivity contribution in [1.82, 2.24) is 5.32 Å². The molecule has 3 atom stereocenters. The Morgan fingerprint density at radius 2 is 2.11 bits per heavy atom. The van der Waals surface area contributed by atoms with Gasteiger partial charge in [0.25, 0.3) is 0 Å². The molecule has 0 bridgehead atoms. The fraction of sp³-hybridized carbons (Fsp3) is 0.625. The smallest absolute Gasteiger partial charge is 0.0588 e. The van der Waals surface area contributed by atoms with Gasteiger partial charge in [-0.15, -0.1) is 0 Å². The van der Waals surface area contributed by atoms with Crippen molar-refractivity contribution in [3.63, 3.8) is 0 Å². The van der Waals surface area contributed by atoms with E-state index in [1.165, 1.54) is 24.8 Å². The lowest BCUT2D eigenvalue weighted by Gasteiger charge is -2.22. The van der Waals surface area contributed by atoms with Crippen molar-refractivity contribution in [2.45, 2.75) is 45.3 Å². The quantitative estimate of drug-likeness (QED) is 0.830. The summed E-state index contributed by atoms with van der Waals surface area (Å²) >= 11 is 0. The lowest BCUT2D eigenvalue weighted by atomic mass is 9.99. The minimum atomic E-state index is 0.413. The van der Waals surface area contributed by atoms with Crippen LogP contribution in [0.5, 0.6) is 0 Å². The van der Waals surface area contributed by atoms with Gasteiger partial charge in [-0.2, -0.15) is 0 Å². The van der Waals surface area contributed by atoms with Gasteiger partial charge < -0.3 is 10.1 Å². The Bertz CT molecular complexity index is 338. The first kappa shape index (κ1) is 13.6. The SMILES string of the molecule is CCCC(NCC1CCOC1C)c1ccccc1. The zero-order chi connectivity index (χ0) is 12.8. The number of nitrogens with one attached hydrogen (secondary N) is 1. The zero-order valence-electron chi connectivity index (χ0n) is 11.6. The second-order valence-corrected chi connectivity index (χ2v) is 5.28. The number of hydrogen-bond acceptors (Lipinski definition) is 2. The largest absolute Gasteiger partial charge is 0.378 e. The molecule has 18 heavy (non-hydrogen) atoms. The van der Waals surface area contributed by atoms with E-state index in [-0.39, 0.29) is 0 Å². The predicted octanol–water partition coefficient (Wildman–Crippen LogP) is 3.54. The van der Waals surface area contributed by atoms with Crippen molar-refractivity contribution in [3.05, 3.63) is 35.9 Å². The molecule has 1 heterocycles. The second-order valence-electron chi connectivity index (χ2n) is 5.28.